The van der Waals surface area contributed by atoms with Gasteiger partial charge in [-0.25, -0.2) is 0 Å². The molecule has 3 nitrogen and oxygen atoms in total. The topological polar surface area (TPSA) is 55.1 Å². The molecule has 0 unspecified atom stereocenters. The minimum atomic E-state index is 0.0301. The van der Waals surface area contributed by atoms with E-state index in [2.05, 4.69) is 5.32 Å². The van der Waals surface area contributed by atoms with Crippen LogP contribution in [0.25, 0.3) is 0 Å². The third-order valence-electron chi connectivity index (χ3n) is 1.45. The lowest BCUT2D eigenvalue weighted by Gasteiger charge is -2.05. The van der Waals surface area contributed by atoms with Crippen molar-refractivity contribution in [1.29, 1.82) is 0 Å². The van der Waals surface area contributed by atoms with E-state index in [0.29, 0.717) is 6.42 Å². The van der Waals surface area contributed by atoms with Crippen molar-refractivity contribution in [2.75, 3.05) is 0 Å². The summed E-state index contributed by atoms with van der Waals surface area (Å²) in [5.74, 6) is 0.0741. The fraction of sp³-hybridized carbons (Fsp3) is 0.800. The summed E-state index contributed by atoms with van der Waals surface area (Å²) in [6.45, 7) is 1.91. The molecular formula is C5H10N2O. The summed E-state index contributed by atoms with van der Waals surface area (Å²) < 4.78 is 0. The Bertz CT molecular complexity index is 101. The molecule has 0 spiro atoms. The molecule has 1 aliphatic rings. The molecule has 1 saturated heterocycles. The quantitative estimate of drug-likeness (QED) is 0.434. The first-order valence-electron chi connectivity index (χ1n) is 2.75. The summed E-state index contributed by atoms with van der Waals surface area (Å²) >= 11 is 0. The number of nitrogens with two attached hydrogens (primary N) is 1. The third-order valence-corrected chi connectivity index (χ3v) is 1.45. The number of nitrogens with one attached hydrogen (secondary N) is 1. The van der Waals surface area contributed by atoms with Gasteiger partial charge in [0.15, 0.2) is 0 Å². The smallest absolute Gasteiger partial charge is 0.221 e. The molecule has 2 atom stereocenters. The van der Waals surface area contributed by atoms with Crippen molar-refractivity contribution in [3.05, 3.63) is 0 Å². The number of rotatable bonds is 0. The predicted molar refractivity (Wildman–Crippen MR) is 30.2 cm³/mol. The van der Waals surface area contributed by atoms with Crippen LogP contribution in [0, 0.1) is 0 Å². The molecule has 1 amide bonds. The van der Waals surface area contributed by atoms with Crippen LogP contribution in [0.3, 0.4) is 0 Å². The summed E-state index contributed by atoms with van der Waals surface area (Å²) in [5, 5.41) is 2.70. The fourth-order valence-electron chi connectivity index (χ4n) is 0.811. The van der Waals surface area contributed by atoms with E-state index < -0.39 is 0 Å². The highest BCUT2D eigenvalue weighted by atomic mass is 16.2. The van der Waals surface area contributed by atoms with Gasteiger partial charge in [0, 0.05) is 18.5 Å². The largest absolute Gasteiger partial charge is 0.352 e. The van der Waals surface area contributed by atoms with E-state index >= 15 is 0 Å². The van der Waals surface area contributed by atoms with Gasteiger partial charge in [0.2, 0.25) is 5.91 Å². The average Bonchev–Trinajstić information content (AvgIpc) is 1.85. The van der Waals surface area contributed by atoms with Gasteiger partial charge in [0.05, 0.1) is 0 Å². The maximum Gasteiger partial charge on any atom is 0.221 e. The van der Waals surface area contributed by atoms with Gasteiger partial charge < -0.3 is 11.1 Å². The lowest BCUT2D eigenvalue weighted by molar-refractivity contribution is -0.119. The standard InChI is InChI=1S/C5H10N2O/c1-3-4(6)2-5(8)7-3/h3-4H,2,6H2,1H3,(H,7,8)/t3-,4-/m0/s1. The Morgan fingerprint density at radius 1 is 1.88 bits per heavy atom. The lowest BCUT2D eigenvalue weighted by atomic mass is 10.2. The van der Waals surface area contributed by atoms with E-state index in [0.717, 1.165) is 0 Å². The first-order valence-corrected chi connectivity index (χ1v) is 2.75. The lowest BCUT2D eigenvalue weighted by Crippen LogP contribution is -2.33. The zero-order valence-electron chi connectivity index (χ0n) is 4.85. The Morgan fingerprint density at radius 2 is 2.50 bits per heavy atom. The maximum absolute atomic E-state index is 10.5. The molecule has 8 heavy (non-hydrogen) atoms. The zero-order chi connectivity index (χ0) is 6.15. The highest BCUT2D eigenvalue weighted by molar-refractivity contribution is 5.79. The van der Waals surface area contributed by atoms with Gasteiger partial charge in [-0.1, -0.05) is 0 Å². The van der Waals surface area contributed by atoms with Crippen LogP contribution in [-0.4, -0.2) is 18.0 Å². The summed E-state index contributed by atoms with van der Waals surface area (Å²) in [4.78, 5) is 10.5. The Balaban J connectivity index is 2.51. The summed E-state index contributed by atoms with van der Waals surface area (Å²) in [7, 11) is 0. The normalized spacial score (nSPS) is 37.5. The second-order valence-corrected chi connectivity index (χ2v) is 2.22. The third kappa shape index (κ3) is 0.816. The van der Waals surface area contributed by atoms with Gasteiger partial charge in [-0.15, -0.1) is 0 Å². The zero-order valence-corrected chi connectivity index (χ0v) is 4.85. The molecule has 0 radical (unpaired) electrons. The van der Waals surface area contributed by atoms with E-state index in [1.165, 1.54) is 0 Å². The van der Waals surface area contributed by atoms with Crippen molar-refractivity contribution in [2.24, 2.45) is 5.73 Å². The highest BCUT2D eigenvalue weighted by Gasteiger charge is 2.24. The molecule has 0 aromatic carbocycles. The van der Waals surface area contributed by atoms with Crippen LogP contribution in [0.2, 0.25) is 0 Å². The molecule has 1 fully saturated rings. The first-order chi connectivity index (χ1) is 3.70. The van der Waals surface area contributed by atoms with E-state index in [9.17, 15) is 4.79 Å². The average molecular weight is 114 g/mol. The number of hydrogen-bond acceptors (Lipinski definition) is 2. The molecule has 0 saturated carbocycles. The summed E-state index contributed by atoms with van der Waals surface area (Å²) in [6, 6.07) is 0.199. The van der Waals surface area contributed by atoms with Crippen LogP contribution >= 0.6 is 0 Å². The van der Waals surface area contributed by atoms with Crippen LogP contribution in [0.15, 0.2) is 0 Å². The van der Waals surface area contributed by atoms with Crippen LogP contribution < -0.4 is 11.1 Å². The van der Waals surface area contributed by atoms with Gasteiger partial charge in [-0.05, 0) is 6.92 Å². The fourth-order valence-corrected chi connectivity index (χ4v) is 0.811. The van der Waals surface area contributed by atoms with Gasteiger partial charge in [-0.3, -0.25) is 4.79 Å². The Morgan fingerprint density at radius 3 is 2.62 bits per heavy atom. The van der Waals surface area contributed by atoms with E-state index in [-0.39, 0.29) is 18.0 Å². The summed E-state index contributed by atoms with van der Waals surface area (Å²) in [5.41, 5.74) is 5.49. The number of hydrogen-bond donors (Lipinski definition) is 2. The van der Waals surface area contributed by atoms with E-state index in [4.69, 9.17) is 5.73 Å². The van der Waals surface area contributed by atoms with Crippen molar-refractivity contribution < 1.29 is 4.79 Å². The minimum absolute atomic E-state index is 0.0301. The van der Waals surface area contributed by atoms with Crippen molar-refractivity contribution in [3.63, 3.8) is 0 Å². The van der Waals surface area contributed by atoms with Crippen LogP contribution in [0.4, 0.5) is 0 Å². The monoisotopic (exact) mass is 114 g/mol. The van der Waals surface area contributed by atoms with Gasteiger partial charge in [0.25, 0.3) is 0 Å². The second kappa shape index (κ2) is 1.74. The van der Waals surface area contributed by atoms with Crippen molar-refractivity contribution in [3.8, 4) is 0 Å². The molecule has 3 N–H and O–H groups in total. The highest BCUT2D eigenvalue weighted by Crippen LogP contribution is 2.02. The molecule has 46 valence electrons. The van der Waals surface area contributed by atoms with Crippen molar-refractivity contribution in [1.82, 2.24) is 5.32 Å². The second-order valence-electron chi connectivity index (χ2n) is 2.22. The maximum atomic E-state index is 10.5. The molecule has 1 aliphatic heterocycles. The Labute approximate surface area is 48.2 Å². The number of carbonyl (C=O) groups excluding carboxylic acids is 1. The Hall–Kier alpha value is -0.570. The van der Waals surface area contributed by atoms with Crippen molar-refractivity contribution >= 4 is 5.91 Å². The molecule has 0 aromatic heterocycles. The number of amides is 1. The molecule has 0 aliphatic carbocycles. The first kappa shape index (κ1) is 5.56. The number of carbonyl (C=O) groups is 1. The van der Waals surface area contributed by atoms with Gasteiger partial charge in [0.1, 0.15) is 0 Å². The van der Waals surface area contributed by atoms with Crippen LogP contribution in [-0.2, 0) is 4.79 Å². The van der Waals surface area contributed by atoms with Crippen LogP contribution in [0.1, 0.15) is 13.3 Å². The molecule has 0 aromatic rings. The molecule has 1 heterocycles. The van der Waals surface area contributed by atoms with Gasteiger partial charge in [-0.2, -0.15) is 0 Å². The molecular weight excluding hydrogens is 104 g/mol. The Kier molecular flexibility index (Phi) is 1.21. The van der Waals surface area contributed by atoms with Gasteiger partial charge >= 0.3 is 0 Å². The van der Waals surface area contributed by atoms with E-state index in [1.54, 1.807) is 0 Å². The van der Waals surface area contributed by atoms with Crippen LogP contribution in [0.5, 0.6) is 0 Å². The molecule has 3 heteroatoms. The minimum Gasteiger partial charge on any atom is -0.352 e. The molecule has 1 rings (SSSR count). The predicted octanol–water partition coefficient (Wildman–Crippen LogP) is -0.778. The summed E-state index contributed by atoms with van der Waals surface area (Å²) in [6.07, 6.45) is 0.487. The van der Waals surface area contributed by atoms with Crippen molar-refractivity contribution in [2.45, 2.75) is 25.4 Å². The SMILES string of the molecule is C[C@@H]1NC(=O)C[C@@H]1N. The van der Waals surface area contributed by atoms with E-state index in [1.807, 2.05) is 6.92 Å². The molecule has 0 bridgehead atoms.